The van der Waals surface area contributed by atoms with Gasteiger partial charge in [0.25, 0.3) is 0 Å². The van der Waals surface area contributed by atoms with Gasteiger partial charge in [0.2, 0.25) is 10.0 Å². The highest BCUT2D eigenvalue weighted by Gasteiger charge is 2.28. The van der Waals surface area contributed by atoms with Crippen LogP contribution < -0.4 is 10.5 Å². The molecule has 0 bridgehead atoms. The second-order valence-corrected chi connectivity index (χ2v) is 7.62. The molecule has 3 N–H and O–H groups in total. The van der Waals surface area contributed by atoms with E-state index in [1.807, 2.05) is 12.1 Å². The summed E-state index contributed by atoms with van der Waals surface area (Å²) in [5.41, 5.74) is 6.94. The number of hydrogen-bond acceptors (Lipinski definition) is 3. The summed E-state index contributed by atoms with van der Waals surface area (Å²) in [6, 6.07) is 7.02. The molecule has 0 aliphatic heterocycles. The highest BCUT2D eigenvalue weighted by molar-refractivity contribution is 7.89. The summed E-state index contributed by atoms with van der Waals surface area (Å²) in [4.78, 5) is 0.332. The van der Waals surface area contributed by atoms with E-state index in [1.165, 1.54) is 18.4 Å². The standard InChI is InChI=1S/C16H26N2O2S/c1-2-5-13-8-10-15(11-9-13)21(19,20)18-16(12-17)14-6-3-4-7-14/h8-11,14,16,18H,2-7,12,17H2,1H3. The van der Waals surface area contributed by atoms with Crippen LogP contribution in [0.4, 0.5) is 0 Å². The zero-order valence-electron chi connectivity index (χ0n) is 12.7. The Labute approximate surface area is 128 Å². The van der Waals surface area contributed by atoms with Crippen LogP contribution in [0.15, 0.2) is 29.2 Å². The molecule has 2 rings (SSSR count). The first-order valence-corrected chi connectivity index (χ1v) is 9.36. The van der Waals surface area contributed by atoms with E-state index in [1.54, 1.807) is 12.1 Å². The first kappa shape index (κ1) is 16.5. The lowest BCUT2D eigenvalue weighted by Crippen LogP contribution is -2.44. The summed E-state index contributed by atoms with van der Waals surface area (Å²) in [6.07, 6.45) is 6.52. The van der Waals surface area contributed by atoms with E-state index < -0.39 is 10.0 Å². The molecule has 1 unspecified atom stereocenters. The number of nitrogens with two attached hydrogens (primary N) is 1. The number of nitrogens with one attached hydrogen (secondary N) is 1. The van der Waals surface area contributed by atoms with Crippen LogP contribution in [0.3, 0.4) is 0 Å². The SMILES string of the molecule is CCCc1ccc(S(=O)(=O)NC(CN)C2CCCC2)cc1. The zero-order valence-corrected chi connectivity index (χ0v) is 13.5. The molecule has 118 valence electrons. The van der Waals surface area contributed by atoms with Crippen LogP contribution >= 0.6 is 0 Å². The average Bonchev–Trinajstić information content (AvgIpc) is 3.00. The van der Waals surface area contributed by atoms with Gasteiger partial charge in [0.05, 0.1) is 4.90 Å². The van der Waals surface area contributed by atoms with Crippen molar-refractivity contribution in [1.29, 1.82) is 0 Å². The largest absolute Gasteiger partial charge is 0.329 e. The molecule has 0 spiro atoms. The fourth-order valence-corrected chi connectivity index (χ4v) is 4.41. The number of aryl methyl sites for hydroxylation is 1. The molecule has 1 saturated carbocycles. The van der Waals surface area contributed by atoms with E-state index in [0.717, 1.165) is 25.7 Å². The number of hydrogen-bond donors (Lipinski definition) is 2. The predicted molar refractivity (Wildman–Crippen MR) is 85.6 cm³/mol. The van der Waals surface area contributed by atoms with E-state index >= 15 is 0 Å². The number of sulfonamides is 1. The predicted octanol–water partition coefficient (Wildman–Crippen LogP) is 2.43. The van der Waals surface area contributed by atoms with Gasteiger partial charge < -0.3 is 5.73 Å². The highest BCUT2D eigenvalue weighted by atomic mass is 32.2. The Morgan fingerprint density at radius 1 is 1.24 bits per heavy atom. The molecule has 0 aromatic heterocycles. The topological polar surface area (TPSA) is 72.2 Å². The lowest BCUT2D eigenvalue weighted by atomic mass is 9.99. The second kappa shape index (κ2) is 7.38. The Balaban J connectivity index is 2.09. The van der Waals surface area contributed by atoms with Gasteiger partial charge in [0, 0.05) is 12.6 Å². The molecular weight excluding hydrogens is 284 g/mol. The van der Waals surface area contributed by atoms with Gasteiger partial charge in [-0.15, -0.1) is 0 Å². The molecule has 1 atom stereocenters. The monoisotopic (exact) mass is 310 g/mol. The summed E-state index contributed by atoms with van der Waals surface area (Å²) in [5.74, 6) is 0.379. The van der Waals surface area contributed by atoms with Crippen molar-refractivity contribution in [3.63, 3.8) is 0 Å². The van der Waals surface area contributed by atoms with Crippen LogP contribution in [0.25, 0.3) is 0 Å². The molecule has 1 aliphatic rings. The first-order valence-electron chi connectivity index (χ1n) is 7.88. The quantitative estimate of drug-likeness (QED) is 0.812. The van der Waals surface area contributed by atoms with Crippen molar-refractivity contribution in [3.05, 3.63) is 29.8 Å². The molecule has 0 radical (unpaired) electrons. The number of benzene rings is 1. The van der Waals surface area contributed by atoms with Crippen LogP contribution in [0.1, 0.15) is 44.6 Å². The molecule has 21 heavy (non-hydrogen) atoms. The van der Waals surface area contributed by atoms with Gasteiger partial charge in [0.1, 0.15) is 0 Å². The van der Waals surface area contributed by atoms with Gasteiger partial charge in [0.15, 0.2) is 0 Å². The minimum absolute atomic E-state index is 0.146. The lowest BCUT2D eigenvalue weighted by molar-refractivity contribution is 0.405. The van der Waals surface area contributed by atoms with Crippen molar-refractivity contribution >= 4 is 10.0 Å². The summed E-state index contributed by atoms with van der Waals surface area (Å²) in [5, 5.41) is 0. The fraction of sp³-hybridized carbons (Fsp3) is 0.625. The molecule has 4 nitrogen and oxygen atoms in total. The van der Waals surface area contributed by atoms with Crippen molar-refractivity contribution < 1.29 is 8.42 Å². The fourth-order valence-electron chi connectivity index (χ4n) is 3.09. The molecular formula is C16H26N2O2S. The summed E-state index contributed by atoms with van der Waals surface area (Å²) in [6.45, 7) is 2.47. The van der Waals surface area contributed by atoms with Crippen molar-refractivity contribution in [2.75, 3.05) is 6.54 Å². The van der Waals surface area contributed by atoms with Crippen molar-refractivity contribution in [3.8, 4) is 0 Å². The third-order valence-corrected chi connectivity index (χ3v) is 5.81. The van der Waals surface area contributed by atoms with E-state index in [4.69, 9.17) is 5.73 Å². The van der Waals surface area contributed by atoms with Gasteiger partial charge in [-0.25, -0.2) is 13.1 Å². The Kier molecular flexibility index (Phi) is 5.79. The van der Waals surface area contributed by atoms with Crippen molar-refractivity contribution in [2.24, 2.45) is 11.7 Å². The summed E-state index contributed by atoms with van der Waals surface area (Å²) < 4.78 is 27.7. The van der Waals surface area contributed by atoms with E-state index in [2.05, 4.69) is 11.6 Å². The minimum Gasteiger partial charge on any atom is -0.329 e. The van der Waals surface area contributed by atoms with Gasteiger partial charge in [-0.05, 0) is 42.9 Å². The Morgan fingerprint density at radius 2 is 1.86 bits per heavy atom. The zero-order chi connectivity index (χ0) is 15.3. The Morgan fingerprint density at radius 3 is 2.38 bits per heavy atom. The van der Waals surface area contributed by atoms with Crippen LogP contribution in [-0.2, 0) is 16.4 Å². The molecule has 1 aromatic carbocycles. The van der Waals surface area contributed by atoms with E-state index in [-0.39, 0.29) is 6.04 Å². The molecule has 0 amide bonds. The van der Waals surface area contributed by atoms with Gasteiger partial charge in [-0.3, -0.25) is 0 Å². The van der Waals surface area contributed by atoms with Crippen LogP contribution in [0.5, 0.6) is 0 Å². The van der Waals surface area contributed by atoms with Gasteiger partial charge in [-0.2, -0.15) is 0 Å². The van der Waals surface area contributed by atoms with E-state index in [9.17, 15) is 8.42 Å². The average molecular weight is 310 g/mol. The van der Waals surface area contributed by atoms with Crippen molar-refractivity contribution in [2.45, 2.75) is 56.4 Å². The maximum Gasteiger partial charge on any atom is 0.240 e. The molecule has 1 aromatic rings. The summed E-state index contributed by atoms with van der Waals surface area (Å²) in [7, 11) is -3.47. The molecule has 1 fully saturated rings. The second-order valence-electron chi connectivity index (χ2n) is 5.90. The maximum atomic E-state index is 12.5. The normalized spacial score (nSPS) is 18.0. The molecule has 5 heteroatoms. The first-order chi connectivity index (χ1) is 10.1. The van der Waals surface area contributed by atoms with Crippen molar-refractivity contribution in [1.82, 2.24) is 4.72 Å². The minimum atomic E-state index is -3.47. The molecule has 1 aliphatic carbocycles. The highest BCUT2D eigenvalue weighted by Crippen LogP contribution is 2.28. The lowest BCUT2D eigenvalue weighted by Gasteiger charge is -2.23. The molecule has 0 heterocycles. The third-order valence-electron chi connectivity index (χ3n) is 4.30. The smallest absolute Gasteiger partial charge is 0.240 e. The van der Waals surface area contributed by atoms with Crippen LogP contribution in [-0.4, -0.2) is 21.0 Å². The Bertz CT molecular complexity index is 534. The molecule has 0 saturated heterocycles. The number of rotatable bonds is 7. The Hall–Kier alpha value is -0.910. The maximum absolute atomic E-state index is 12.5. The summed E-state index contributed by atoms with van der Waals surface area (Å²) >= 11 is 0. The van der Waals surface area contributed by atoms with Crippen LogP contribution in [0.2, 0.25) is 0 Å². The van der Waals surface area contributed by atoms with E-state index in [0.29, 0.717) is 17.4 Å². The third kappa shape index (κ3) is 4.28. The van der Waals surface area contributed by atoms with Gasteiger partial charge in [-0.1, -0.05) is 38.3 Å². The van der Waals surface area contributed by atoms with Gasteiger partial charge >= 0.3 is 0 Å². The van der Waals surface area contributed by atoms with Crippen LogP contribution in [0, 0.1) is 5.92 Å².